The van der Waals surface area contributed by atoms with Crippen molar-refractivity contribution in [2.75, 3.05) is 13.7 Å². The van der Waals surface area contributed by atoms with Crippen molar-refractivity contribution in [3.8, 4) is 5.75 Å². The molecule has 2 rings (SSSR count). The van der Waals surface area contributed by atoms with Crippen molar-refractivity contribution in [3.05, 3.63) is 29.8 Å². The van der Waals surface area contributed by atoms with Crippen LogP contribution >= 0.6 is 0 Å². The number of carbonyl (C=O) groups excluding carboxylic acids is 1. The lowest BCUT2D eigenvalue weighted by Gasteiger charge is -2.09. The summed E-state index contributed by atoms with van der Waals surface area (Å²) in [7, 11) is 1.78. The van der Waals surface area contributed by atoms with Crippen molar-refractivity contribution in [1.29, 1.82) is 0 Å². The summed E-state index contributed by atoms with van der Waals surface area (Å²) in [6.07, 6.45) is 0.670. The van der Waals surface area contributed by atoms with E-state index in [9.17, 15) is 4.79 Å². The van der Waals surface area contributed by atoms with E-state index in [4.69, 9.17) is 5.11 Å². The Hall–Kier alpha value is -1.55. The fourth-order valence-corrected chi connectivity index (χ4v) is 1.71. The molecule has 80 valence electrons. The number of hydrogen-bond acceptors (Lipinski definition) is 3. The topological polar surface area (TPSA) is 52.6 Å². The number of hydrogen-bond donors (Lipinski definition) is 2. The average molecular weight is 206 g/mol. The Kier molecular flexibility index (Phi) is 2.60. The number of phenolic OH excluding ortho intramolecular Hbond substituents is 1. The lowest BCUT2D eigenvalue weighted by molar-refractivity contribution is -0.127. The smallest absolute Gasteiger partial charge is 0.240 e. The third-order valence-electron chi connectivity index (χ3n) is 2.63. The molecule has 0 saturated carbocycles. The summed E-state index contributed by atoms with van der Waals surface area (Å²) >= 11 is 0. The van der Waals surface area contributed by atoms with Crippen LogP contribution in [0.5, 0.6) is 5.75 Å². The van der Waals surface area contributed by atoms with Gasteiger partial charge in [-0.15, -0.1) is 0 Å². The maximum atomic E-state index is 11.6. The van der Waals surface area contributed by atoms with Crippen molar-refractivity contribution >= 4 is 5.91 Å². The molecule has 1 saturated heterocycles. The molecule has 0 aliphatic carbocycles. The van der Waals surface area contributed by atoms with E-state index >= 15 is 0 Å². The highest BCUT2D eigenvalue weighted by Crippen LogP contribution is 2.13. The molecule has 0 bridgehead atoms. The zero-order valence-electron chi connectivity index (χ0n) is 8.60. The van der Waals surface area contributed by atoms with Crippen molar-refractivity contribution in [1.82, 2.24) is 10.2 Å². The second kappa shape index (κ2) is 3.90. The van der Waals surface area contributed by atoms with Gasteiger partial charge in [-0.05, 0) is 24.1 Å². The number of nitrogens with zero attached hydrogens (tertiary/aromatic N) is 1. The standard InChI is InChI=1S/C11H14N2O2/c1-13-7-12-10(11(13)15)6-8-2-4-9(14)5-3-8/h2-5,10,12,14H,6-7H2,1H3. The Labute approximate surface area is 88.5 Å². The van der Waals surface area contributed by atoms with Crippen molar-refractivity contribution in [2.24, 2.45) is 0 Å². The fraction of sp³-hybridized carbons (Fsp3) is 0.364. The predicted octanol–water partition coefficient (Wildman–Crippen LogP) is 0.322. The van der Waals surface area contributed by atoms with Crippen LogP contribution in [0.3, 0.4) is 0 Å². The minimum atomic E-state index is -0.125. The number of amides is 1. The zero-order valence-corrected chi connectivity index (χ0v) is 8.60. The first-order chi connectivity index (χ1) is 7.16. The number of rotatable bonds is 2. The normalized spacial score (nSPS) is 21.0. The summed E-state index contributed by atoms with van der Waals surface area (Å²) in [6.45, 7) is 0.613. The van der Waals surface area contributed by atoms with Crippen LogP contribution in [0.1, 0.15) is 5.56 Å². The van der Waals surface area contributed by atoms with Gasteiger partial charge in [0.2, 0.25) is 5.91 Å². The molecule has 0 radical (unpaired) electrons. The predicted molar refractivity (Wildman–Crippen MR) is 56.4 cm³/mol. The Balaban J connectivity index is 2.03. The van der Waals surface area contributed by atoms with E-state index in [-0.39, 0.29) is 17.7 Å². The Morgan fingerprint density at radius 1 is 1.47 bits per heavy atom. The van der Waals surface area contributed by atoms with Gasteiger partial charge >= 0.3 is 0 Å². The highest BCUT2D eigenvalue weighted by Gasteiger charge is 2.27. The summed E-state index contributed by atoms with van der Waals surface area (Å²) in [6, 6.07) is 6.82. The van der Waals surface area contributed by atoms with Crippen LogP contribution in [0.25, 0.3) is 0 Å². The Morgan fingerprint density at radius 3 is 2.67 bits per heavy atom. The highest BCUT2D eigenvalue weighted by atomic mass is 16.3. The molecule has 1 amide bonds. The van der Waals surface area contributed by atoms with Crippen LogP contribution in [-0.2, 0) is 11.2 Å². The molecule has 4 heteroatoms. The first-order valence-electron chi connectivity index (χ1n) is 4.93. The van der Waals surface area contributed by atoms with E-state index in [1.54, 1.807) is 24.1 Å². The highest BCUT2D eigenvalue weighted by molar-refractivity contribution is 5.83. The number of benzene rings is 1. The Bertz CT molecular complexity index is 361. The molecule has 0 aromatic heterocycles. The van der Waals surface area contributed by atoms with Crippen LogP contribution in [0.2, 0.25) is 0 Å². The van der Waals surface area contributed by atoms with Crippen molar-refractivity contribution in [2.45, 2.75) is 12.5 Å². The molecule has 2 N–H and O–H groups in total. The summed E-state index contributed by atoms with van der Waals surface area (Å²) in [5, 5.41) is 12.3. The maximum Gasteiger partial charge on any atom is 0.240 e. The van der Waals surface area contributed by atoms with Crippen molar-refractivity contribution in [3.63, 3.8) is 0 Å². The van der Waals surface area contributed by atoms with Gasteiger partial charge in [-0.3, -0.25) is 10.1 Å². The SMILES string of the molecule is CN1CNC(Cc2ccc(O)cc2)C1=O. The van der Waals surface area contributed by atoms with E-state index in [2.05, 4.69) is 5.32 Å². The first-order valence-corrected chi connectivity index (χ1v) is 4.93. The summed E-state index contributed by atoms with van der Waals surface area (Å²) in [5.74, 6) is 0.379. The van der Waals surface area contributed by atoms with E-state index in [1.165, 1.54) is 0 Å². The number of phenols is 1. The maximum absolute atomic E-state index is 11.6. The van der Waals surface area contributed by atoms with Gasteiger partial charge in [0.1, 0.15) is 5.75 Å². The van der Waals surface area contributed by atoms with Gasteiger partial charge in [0.25, 0.3) is 0 Å². The molecule has 1 heterocycles. The lowest BCUT2D eigenvalue weighted by Crippen LogP contribution is -2.30. The average Bonchev–Trinajstić information content (AvgIpc) is 2.53. The van der Waals surface area contributed by atoms with Crippen LogP contribution in [0.4, 0.5) is 0 Å². The summed E-state index contributed by atoms with van der Waals surface area (Å²) < 4.78 is 0. The third kappa shape index (κ3) is 2.10. The minimum Gasteiger partial charge on any atom is -0.508 e. The number of likely N-dealkylation sites (N-methyl/N-ethyl adjacent to an activating group) is 1. The van der Waals surface area contributed by atoms with E-state index in [0.29, 0.717) is 13.1 Å². The molecule has 1 fully saturated rings. The van der Waals surface area contributed by atoms with Crippen LogP contribution < -0.4 is 5.32 Å². The second-order valence-electron chi connectivity index (χ2n) is 3.82. The molecule has 4 nitrogen and oxygen atoms in total. The molecule has 1 aliphatic rings. The summed E-state index contributed by atoms with van der Waals surface area (Å²) in [5.41, 5.74) is 1.05. The van der Waals surface area contributed by atoms with E-state index in [1.807, 2.05) is 12.1 Å². The fourth-order valence-electron chi connectivity index (χ4n) is 1.71. The lowest BCUT2D eigenvalue weighted by atomic mass is 10.1. The largest absolute Gasteiger partial charge is 0.508 e. The zero-order chi connectivity index (χ0) is 10.8. The first kappa shape index (κ1) is 9.98. The van der Waals surface area contributed by atoms with Crippen LogP contribution in [0, 0.1) is 0 Å². The van der Waals surface area contributed by atoms with Gasteiger partial charge in [-0.2, -0.15) is 0 Å². The van der Waals surface area contributed by atoms with E-state index < -0.39 is 0 Å². The summed E-state index contributed by atoms with van der Waals surface area (Å²) in [4.78, 5) is 13.3. The number of aromatic hydroxyl groups is 1. The second-order valence-corrected chi connectivity index (χ2v) is 3.82. The van der Waals surface area contributed by atoms with Gasteiger partial charge in [0, 0.05) is 7.05 Å². The monoisotopic (exact) mass is 206 g/mol. The van der Waals surface area contributed by atoms with Crippen LogP contribution in [-0.4, -0.2) is 35.7 Å². The van der Waals surface area contributed by atoms with Crippen molar-refractivity contribution < 1.29 is 9.90 Å². The van der Waals surface area contributed by atoms with Gasteiger partial charge in [-0.1, -0.05) is 12.1 Å². The van der Waals surface area contributed by atoms with Crippen LogP contribution in [0.15, 0.2) is 24.3 Å². The molecule has 0 spiro atoms. The minimum absolute atomic E-state index is 0.125. The van der Waals surface area contributed by atoms with Gasteiger partial charge in [0.15, 0.2) is 0 Å². The molecule has 1 unspecified atom stereocenters. The van der Waals surface area contributed by atoms with Gasteiger partial charge < -0.3 is 10.0 Å². The molecule has 1 aromatic carbocycles. The molecule has 15 heavy (non-hydrogen) atoms. The number of carbonyl (C=O) groups is 1. The Morgan fingerprint density at radius 2 is 2.13 bits per heavy atom. The molecular formula is C11H14N2O2. The van der Waals surface area contributed by atoms with Gasteiger partial charge in [-0.25, -0.2) is 0 Å². The number of nitrogens with one attached hydrogen (secondary N) is 1. The third-order valence-corrected chi connectivity index (χ3v) is 2.63. The molecule has 1 aromatic rings. The quantitative estimate of drug-likeness (QED) is 0.733. The van der Waals surface area contributed by atoms with E-state index in [0.717, 1.165) is 5.56 Å². The molecular weight excluding hydrogens is 192 g/mol. The molecule has 1 aliphatic heterocycles. The van der Waals surface area contributed by atoms with Gasteiger partial charge in [0.05, 0.1) is 12.7 Å². The molecule has 1 atom stereocenters.